The second-order valence-electron chi connectivity index (χ2n) is 11.6. The van der Waals surface area contributed by atoms with Crippen molar-refractivity contribution in [2.45, 2.75) is 44.8 Å². The molecule has 1 aliphatic carbocycles. The lowest BCUT2D eigenvalue weighted by Gasteiger charge is -2.43. The number of anilines is 2. The molecule has 3 aromatic rings. The molecule has 0 radical (unpaired) electrons. The number of nitrogens with one attached hydrogen (secondary N) is 1. The van der Waals surface area contributed by atoms with Crippen LogP contribution in [-0.2, 0) is 11.3 Å². The molecule has 228 valence electrons. The molecule has 2 fully saturated rings. The average Bonchev–Trinajstić information content (AvgIpc) is 3.78. The molecule has 0 spiro atoms. The molecule has 3 aliphatic rings. The third-order valence-corrected chi connectivity index (χ3v) is 8.48. The maximum absolute atomic E-state index is 12.2. The normalized spacial score (nSPS) is 19.3. The van der Waals surface area contributed by atoms with Gasteiger partial charge in [0.1, 0.15) is 17.8 Å². The number of carbonyl (C=O) groups excluding carboxylic acids is 2. The number of aromatic nitrogens is 3. The van der Waals surface area contributed by atoms with Gasteiger partial charge in [0.2, 0.25) is 0 Å². The number of hydrogen-bond donors (Lipinski definition) is 4. The van der Waals surface area contributed by atoms with Crippen LogP contribution in [0.1, 0.15) is 60.1 Å². The zero-order chi connectivity index (χ0) is 31.0. The highest BCUT2D eigenvalue weighted by molar-refractivity contribution is 6.02. The van der Waals surface area contributed by atoms with Crippen molar-refractivity contribution in [2.75, 3.05) is 30.4 Å². The zero-order valence-electron chi connectivity index (χ0n) is 24.8. The average molecular weight is 596 g/mol. The predicted octanol–water partition coefficient (Wildman–Crippen LogP) is 3.66. The van der Waals surface area contributed by atoms with Crippen LogP contribution >= 0.6 is 0 Å². The smallest absolute Gasteiger partial charge is 0.250 e. The van der Waals surface area contributed by atoms with Crippen LogP contribution in [0.5, 0.6) is 0 Å². The number of para-hydroxylation sites is 1. The van der Waals surface area contributed by atoms with Crippen molar-refractivity contribution in [1.82, 2.24) is 19.7 Å². The second-order valence-corrected chi connectivity index (χ2v) is 11.6. The predicted molar refractivity (Wildman–Crippen MR) is 169 cm³/mol. The molecule has 1 atom stereocenters. The van der Waals surface area contributed by atoms with Crippen LogP contribution in [0.4, 0.5) is 11.4 Å². The first-order chi connectivity index (χ1) is 21.3. The third kappa shape index (κ3) is 5.55. The Balaban J connectivity index is 1.27. The van der Waals surface area contributed by atoms with Gasteiger partial charge >= 0.3 is 0 Å². The Morgan fingerprint density at radius 3 is 2.64 bits per heavy atom. The number of hydrogen-bond acceptors (Lipinski definition) is 9. The van der Waals surface area contributed by atoms with Crippen LogP contribution in [0.3, 0.4) is 0 Å². The molecule has 4 heterocycles. The van der Waals surface area contributed by atoms with Gasteiger partial charge in [-0.05, 0) is 37.5 Å². The molecule has 2 aliphatic heterocycles. The van der Waals surface area contributed by atoms with Gasteiger partial charge in [-0.3, -0.25) is 19.2 Å². The summed E-state index contributed by atoms with van der Waals surface area (Å²) in [6.45, 7) is 4.52. The van der Waals surface area contributed by atoms with Gasteiger partial charge in [0.15, 0.2) is 6.29 Å². The number of aldehydes is 1. The van der Waals surface area contributed by atoms with Crippen LogP contribution in [0.15, 0.2) is 71.3 Å². The molecular formula is C32H37N9O3. The largest absolute Gasteiger partial charge is 0.513 e. The topological polar surface area (TPSA) is 168 Å². The Labute approximate surface area is 255 Å². The number of aliphatic hydroxyl groups excluding tert-OH is 1. The summed E-state index contributed by atoms with van der Waals surface area (Å²) in [5, 5.41) is 17.9. The minimum atomic E-state index is -0.241. The summed E-state index contributed by atoms with van der Waals surface area (Å²) in [7, 11) is 2.07. The minimum absolute atomic E-state index is 0.0177. The number of rotatable bonds is 10. The van der Waals surface area contributed by atoms with Gasteiger partial charge < -0.3 is 26.8 Å². The van der Waals surface area contributed by atoms with Gasteiger partial charge in [0, 0.05) is 49.8 Å². The lowest BCUT2D eigenvalue weighted by atomic mass is 9.91. The first-order valence-electron chi connectivity index (χ1n) is 14.8. The quantitative estimate of drug-likeness (QED) is 0.0892. The van der Waals surface area contributed by atoms with E-state index in [9.17, 15) is 14.7 Å². The van der Waals surface area contributed by atoms with Crippen molar-refractivity contribution in [1.29, 1.82) is 0 Å². The van der Waals surface area contributed by atoms with Crippen molar-refractivity contribution in [3.05, 3.63) is 83.4 Å². The number of likely N-dealkylation sites (tertiary alicyclic amines) is 1. The number of nitrogens with zero attached hydrogens (tertiary/aromatic N) is 6. The van der Waals surface area contributed by atoms with E-state index in [1.165, 1.54) is 11.8 Å². The Morgan fingerprint density at radius 1 is 1.16 bits per heavy atom. The van der Waals surface area contributed by atoms with Crippen LogP contribution in [0, 0.1) is 5.92 Å². The molecule has 6 rings (SSSR count). The number of aliphatic imine (C=N–C) groups is 1. The van der Waals surface area contributed by atoms with Gasteiger partial charge in [-0.15, -0.1) is 0 Å². The lowest BCUT2D eigenvalue weighted by molar-refractivity contribution is -0.118. The molecule has 1 amide bonds. The fourth-order valence-electron chi connectivity index (χ4n) is 6.09. The number of amides is 1. The molecule has 12 heteroatoms. The SMILES string of the molecule is CCC1c2c(cnn2C2CN(Cc3cccc(C=O)n3)C2)-c2cccc(NC(=C/C(N)=NC(=O)C3CC3)/C(N)=C\O)c2N1C. The maximum Gasteiger partial charge on any atom is 0.250 e. The van der Waals surface area contributed by atoms with Crippen molar-refractivity contribution < 1.29 is 14.7 Å². The Morgan fingerprint density at radius 2 is 1.93 bits per heavy atom. The molecule has 44 heavy (non-hydrogen) atoms. The van der Waals surface area contributed by atoms with Gasteiger partial charge in [-0.25, -0.2) is 4.98 Å². The number of fused-ring (bicyclic) bond motifs is 3. The van der Waals surface area contributed by atoms with Crippen molar-refractivity contribution in [3.63, 3.8) is 0 Å². The highest BCUT2D eigenvalue weighted by Crippen LogP contribution is 2.49. The molecule has 12 nitrogen and oxygen atoms in total. The first kappa shape index (κ1) is 29.1. The summed E-state index contributed by atoms with van der Waals surface area (Å²) in [6.07, 6.45) is 7.49. The number of aliphatic hydroxyl groups is 1. The Kier molecular flexibility index (Phi) is 7.92. The van der Waals surface area contributed by atoms with E-state index in [2.05, 4.69) is 49.8 Å². The second kappa shape index (κ2) is 12.0. The summed E-state index contributed by atoms with van der Waals surface area (Å²) in [4.78, 5) is 36.3. The summed E-state index contributed by atoms with van der Waals surface area (Å²) < 4.78 is 2.17. The van der Waals surface area contributed by atoms with Crippen molar-refractivity contribution >= 4 is 29.4 Å². The van der Waals surface area contributed by atoms with E-state index in [-0.39, 0.29) is 35.4 Å². The molecular weight excluding hydrogens is 558 g/mol. The summed E-state index contributed by atoms with van der Waals surface area (Å²) in [6, 6.07) is 11.8. The van der Waals surface area contributed by atoms with Crippen LogP contribution in [-0.4, -0.2) is 62.9 Å². The summed E-state index contributed by atoms with van der Waals surface area (Å²) in [5.41, 5.74) is 18.9. The van der Waals surface area contributed by atoms with Crippen LogP contribution < -0.4 is 21.7 Å². The van der Waals surface area contributed by atoms with Crippen molar-refractivity contribution in [3.8, 4) is 11.1 Å². The fraction of sp³-hybridized carbons (Fsp3) is 0.344. The number of amidine groups is 1. The molecule has 0 bridgehead atoms. The number of nitrogens with two attached hydrogens (primary N) is 2. The highest BCUT2D eigenvalue weighted by atomic mass is 16.2. The van der Waals surface area contributed by atoms with Crippen LogP contribution in [0.25, 0.3) is 11.1 Å². The molecule has 1 saturated carbocycles. The molecule has 1 aromatic carbocycles. The fourth-order valence-corrected chi connectivity index (χ4v) is 6.09. The number of carbonyl (C=O) groups is 2. The minimum Gasteiger partial charge on any atom is -0.513 e. The van der Waals surface area contributed by atoms with E-state index < -0.39 is 0 Å². The highest BCUT2D eigenvalue weighted by Gasteiger charge is 2.38. The zero-order valence-corrected chi connectivity index (χ0v) is 24.8. The number of benzene rings is 1. The third-order valence-electron chi connectivity index (χ3n) is 8.48. The molecule has 2 aromatic heterocycles. The van der Waals surface area contributed by atoms with E-state index in [0.717, 1.165) is 73.1 Å². The Hall–Kier alpha value is -4.97. The van der Waals surface area contributed by atoms with E-state index in [1.54, 1.807) is 6.07 Å². The van der Waals surface area contributed by atoms with Gasteiger partial charge in [0.05, 0.1) is 52.4 Å². The summed E-state index contributed by atoms with van der Waals surface area (Å²) >= 11 is 0. The monoisotopic (exact) mass is 595 g/mol. The molecule has 6 N–H and O–H groups in total. The van der Waals surface area contributed by atoms with Gasteiger partial charge in [-0.2, -0.15) is 10.1 Å². The maximum atomic E-state index is 12.2. The molecule has 1 unspecified atom stereocenters. The lowest BCUT2D eigenvalue weighted by Crippen LogP contribution is -2.48. The summed E-state index contributed by atoms with van der Waals surface area (Å²) in [5.74, 6) is -0.278. The van der Waals surface area contributed by atoms with Gasteiger partial charge in [-0.1, -0.05) is 25.1 Å². The van der Waals surface area contributed by atoms with Gasteiger partial charge in [0.25, 0.3) is 5.91 Å². The van der Waals surface area contributed by atoms with E-state index >= 15 is 0 Å². The molecule has 1 saturated heterocycles. The van der Waals surface area contributed by atoms with E-state index in [1.807, 2.05) is 30.5 Å². The standard InChI is InChI=1S/C32H37N9O3/c1-3-28-31-24(13-35-41(31)22-15-40(16-22)14-20-6-4-7-21(17-42)36-20)23-8-5-9-26(30(23)39(28)2)37-27(25(33)18-43)12-29(34)38-32(44)19-10-11-19/h4-9,12-13,17-19,22,28,37,43H,3,10-11,14-16,33H2,1-2H3,(H2,34,38,44)/b25-18+,27-12+. The first-order valence-corrected chi connectivity index (χ1v) is 14.8. The van der Waals surface area contributed by atoms with Crippen LogP contribution in [0.2, 0.25) is 0 Å². The number of pyridine rings is 1. The van der Waals surface area contributed by atoms with Crippen molar-refractivity contribution in [2.24, 2.45) is 22.4 Å². The van der Waals surface area contributed by atoms with E-state index in [4.69, 9.17) is 16.6 Å². The van der Waals surface area contributed by atoms with E-state index in [0.29, 0.717) is 17.9 Å². The Bertz CT molecular complexity index is 1680.